The van der Waals surface area contributed by atoms with Gasteiger partial charge in [-0.1, -0.05) is 52.2 Å². The molecule has 2 aliphatic heterocycles. The summed E-state index contributed by atoms with van der Waals surface area (Å²) in [5.74, 6) is 1.49. The molecule has 1 N–H and O–H groups in total. The van der Waals surface area contributed by atoms with Gasteiger partial charge in [0, 0.05) is 29.8 Å². The van der Waals surface area contributed by atoms with Crippen LogP contribution in [0.25, 0.3) is 0 Å². The molecule has 1 saturated heterocycles. The van der Waals surface area contributed by atoms with Crippen molar-refractivity contribution in [3.8, 4) is 0 Å². The third-order valence-electron chi connectivity index (χ3n) is 6.53. The van der Waals surface area contributed by atoms with Gasteiger partial charge in [0.15, 0.2) is 0 Å². The number of anilines is 1. The van der Waals surface area contributed by atoms with Crippen molar-refractivity contribution in [2.45, 2.75) is 83.3 Å². The van der Waals surface area contributed by atoms with E-state index in [0.717, 1.165) is 12.5 Å². The van der Waals surface area contributed by atoms with Crippen LogP contribution in [-0.4, -0.2) is 12.6 Å². The van der Waals surface area contributed by atoms with E-state index in [0.29, 0.717) is 18.1 Å². The molecule has 1 aromatic carbocycles. The van der Waals surface area contributed by atoms with Gasteiger partial charge >= 0.3 is 0 Å². The molecule has 24 heavy (non-hydrogen) atoms. The van der Waals surface area contributed by atoms with Crippen LogP contribution in [0.3, 0.4) is 0 Å². The zero-order chi connectivity index (χ0) is 16.7. The van der Waals surface area contributed by atoms with Crippen molar-refractivity contribution >= 4 is 5.69 Å². The van der Waals surface area contributed by atoms with Crippen LogP contribution in [0.4, 0.5) is 5.69 Å². The summed E-state index contributed by atoms with van der Waals surface area (Å²) in [5.41, 5.74) is 4.37. The highest BCUT2D eigenvalue weighted by molar-refractivity contribution is 5.58. The largest absolute Gasteiger partial charge is 0.381 e. The topological polar surface area (TPSA) is 21.3 Å². The monoisotopic (exact) mass is 327 g/mol. The average Bonchev–Trinajstić information content (AvgIpc) is 2.60. The van der Waals surface area contributed by atoms with Crippen LogP contribution in [0.1, 0.15) is 82.9 Å². The Kier molecular flexibility index (Phi) is 4.36. The van der Waals surface area contributed by atoms with Crippen LogP contribution in [0.2, 0.25) is 0 Å². The van der Waals surface area contributed by atoms with E-state index < -0.39 is 0 Å². The third-order valence-corrected chi connectivity index (χ3v) is 6.53. The van der Waals surface area contributed by atoms with Crippen LogP contribution < -0.4 is 5.32 Å². The van der Waals surface area contributed by atoms with E-state index >= 15 is 0 Å². The molecule has 0 unspecified atom stereocenters. The van der Waals surface area contributed by atoms with Gasteiger partial charge in [-0.15, -0.1) is 0 Å². The molecule has 1 saturated carbocycles. The Labute approximate surface area is 147 Å². The molecule has 2 nitrogen and oxygen atoms in total. The first kappa shape index (κ1) is 16.4. The van der Waals surface area contributed by atoms with Crippen molar-refractivity contribution < 1.29 is 4.74 Å². The molecular formula is C22H33NO. The molecule has 0 aromatic heterocycles. The maximum absolute atomic E-state index is 6.36. The summed E-state index contributed by atoms with van der Waals surface area (Å²) in [6.07, 6.45) is 9.90. The van der Waals surface area contributed by atoms with E-state index in [2.05, 4.69) is 44.3 Å². The highest BCUT2D eigenvalue weighted by Gasteiger charge is 2.42. The molecule has 2 heteroatoms. The van der Waals surface area contributed by atoms with Crippen LogP contribution in [0.5, 0.6) is 0 Å². The zero-order valence-corrected chi connectivity index (χ0v) is 15.6. The third kappa shape index (κ3) is 2.98. The summed E-state index contributed by atoms with van der Waals surface area (Å²) in [6.45, 7) is 7.83. The molecule has 0 amide bonds. The number of rotatable bonds is 1. The van der Waals surface area contributed by atoms with Crippen LogP contribution in [0, 0.1) is 11.8 Å². The number of nitrogens with one attached hydrogen (secondary N) is 1. The Morgan fingerprint density at radius 1 is 1.00 bits per heavy atom. The van der Waals surface area contributed by atoms with Gasteiger partial charge in [0.25, 0.3) is 0 Å². The first-order chi connectivity index (χ1) is 11.5. The SMILES string of the molecule is CC(C)(C)c1ccc2c(c1)[C@H]1OCCC[C@H]1[C@@H](C1CCCCC1)N2. The average molecular weight is 328 g/mol. The number of ether oxygens (including phenoxy) is 1. The molecular weight excluding hydrogens is 294 g/mol. The van der Waals surface area contributed by atoms with E-state index in [-0.39, 0.29) is 5.41 Å². The molecule has 0 bridgehead atoms. The minimum atomic E-state index is 0.194. The highest BCUT2D eigenvalue weighted by Crippen LogP contribution is 2.48. The summed E-state index contributed by atoms with van der Waals surface area (Å²) in [7, 11) is 0. The van der Waals surface area contributed by atoms with Gasteiger partial charge in [-0.3, -0.25) is 0 Å². The minimum Gasteiger partial charge on any atom is -0.381 e. The number of hydrogen-bond donors (Lipinski definition) is 1. The van der Waals surface area contributed by atoms with Gasteiger partial charge in [0.1, 0.15) is 0 Å². The van der Waals surface area contributed by atoms with Crippen molar-refractivity contribution in [2.24, 2.45) is 11.8 Å². The van der Waals surface area contributed by atoms with Crippen molar-refractivity contribution in [2.75, 3.05) is 11.9 Å². The number of hydrogen-bond acceptors (Lipinski definition) is 2. The predicted octanol–water partition coefficient (Wildman–Crippen LogP) is 5.83. The van der Waals surface area contributed by atoms with Crippen molar-refractivity contribution in [3.05, 3.63) is 29.3 Å². The first-order valence-corrected chi connectivity index (χ1v) is 10.1. The molecule has 3 atom stereocenters. The van der Waals surface area contributed by atoms with E-state index in [9.17, 15) is 0 Å². The van der Waals surface area contributed by atoms with Gasteiger partial charge in [-0.2, -0.15) is 0 Å². The normalized spacial score (nSPS) is 31.0. The van der Waals surface area contributed by atoms with E-state index in [4.69, 9.17) is 4.74 Å². The van der Waals surface area contributed by atoms with Gasteiger partial charge in [-0.25, -0.2) is 0 Å². The fourth-order valence-corrected chi connectivity index (χ4v) is 5.14. The Morgan fingerprint density at radius 2 is 1.79 bits per heavy atom. The molecule has 0 radical (unpaired) electrons. The number of fused-ring (bicyclic) bond motifs is 3. The lowest BCUT2D eigenvalue weighted by Crippen LogP contribution is -2.46. The minimum absolute atomic E-state index is 0.194. The number of benzene rings is 1. The second-order valence-electron chi connectivity index (χ2n) is 9.22. The smallest absolute Gasteiger partial charge is 0.0892 e. The Balaban J connectivity index is 1.69. The van der Waals surface area contributed by atoms with Crippen LogP contribution >= 0.6 is 0 Å². The molecule has 4 rings (SSSR count). The molecule has 1 aromatic rings. The summed E-state index contributed by atoms with van der Waals surface area (Å²) in [6, 6.07) is 7.67. The molecule has 2 fully saturated rings. The maximum atomic E-state index is 6.36. The second-order valence-corrected chi connectivity index (χ2v) is 9.22. The fourth-order valence-electron chi connectivity index (χ4n) is 5.14. The fraction of sp³-hybridized carbons (Fsp3) is 0.727. The summed E-state index contributed by atoms with van der Waals surface area (Å²) in [4.78, 5) is 0. The Hall–Kier alpha value is -1.02. The predicted molar refractivity (Wildman–Crippen MR) is 101 cm³/mol. The standard InChI is InChI=1S/C22H33NO/c1-22(2,3)16-11-12-19-18(14-16)21-17(10-7-13-24-21)20(23-19)15-8-5-4-6-9-15/h11-12,14-15,17,20-21,23H,4-10,13H2,1-3H3/t17-,20+,21-/m0/s1. The Morgan fingerprint density at radius 3 is 2.54 bits per heavy atom. The molecule has 132 valence electrons. The molecule has 1 aliphatic carbocycles. The van der Waals surface area contributed by atoms with Crippen molar-refractivity contribution in [1.29, 1.82) is 0 Å². The van der Waals surface area contributed by atoms with E-state index in [1.165, 1.54) is 61.8 Å². The summed E-state index contributed by atoms with van der Waals surface area (Å²) < 4.78 is 6.36. The lowest BCUT2D eigenvalue weighted by atomic mass is 9.70. The van der Waals surface area contributed by atoms with Gasteiger partial charge in [0.2, 0.25) is 0 Å². The molecule has 0 spiro atoms. The lowest BCUT2D eigenvalue weighted by molar-refractivity contribution is -0.0458. The molecule has 2 heterocycles. The van der Waals surface area contributed by atoms with Gasteiger partial charge in [0.05, 0.1) is 6.10 Å². The highest BCUT2D eigenvalue weighted by atomic mass is 16.5. The lowest BCUT2D eigenvalue weighted by Gasteiger charge is -2.47. The van der Waals surface area contributed by atoms with Gasteiger partial charge < -0.3 is 10.1 Å². The molecule has 3 aliphatic rings. The summed E-state index contributed by atoms with van der Waals surface area (Å²) >= 11 is 0. The van der Waals surface area contributed by atoms with E-state index in [1.54, 1.807) is 0 Å². The van der Waals surface area contributed by atoms with Crippen LogP contribution in [-0.2, 0) is 10.2 Å². The Bertz CT molecular complexity index is 582. The zero-order valence-electron chi connectivity index (χ0n) is 15.6. The first-order valence-electron chi connectivity index (χ1n) is 10.1. The summed E-state index contributed by atoms with van der Waals surface area (Å²) in [5, 5.41) is 3.96. The van der Waals surface area contributed by atoms with Gasteiger partial charge in [-0.05, 0) is 48.6 Å². The maximum Gasteiger partial charge on any atom is 0.0892 e. The quantitative estimate of drug-likeness (QED) is 0.701. The van der Waals surface area contributed by atoms with E-state index in [1.807, 2.05) is 0 Å². The van der Waals surface area contributed by atoms with Crippen molar-refractivity contribution in [1.82, 2.24) is 0 Å². The second kappa shape index (κ2) is 6.37. The van der Waals surface area contributed by atoms with Crippen LogP contribution in [0.15, 0.2) is 18.2 Å². The van der Waals surface area contributed by atoms with Crippen molar-refractivity contribution in [3.63, 3.8) is 0 Å².